The van der Waals surface area contributed by atoms with Crippen molar-refractivity contribution in [2.24, 2.45) is 0 Å². The van der Waals surface area contributed by atoms with Gasteiger partial charge < -0.3 is 9.64 Å². The highest BCUT2D eigenvalue weighted by atomic mass is 32.2. The minimum atomic E-state index is -3.37. The lowest BCUT2D eigenvalue weighted by molar-refractivity contribution is 0.0467. The number of Topliss-reactive ketones (excluding diaryl/α,β-unsaturated/α-hetero) is 1. The molecular weight excluding hydrogens is 420 g/mol. The van der Waals surface area contributed by atoms with Crippen molar-refractivity contribution in [2.75, 3.05) is 41.7 Å². The van der Waals surface area contributed by atoms with Gasteiger partial charge in [-0.25, -0.2) is 13.2 Å². The van der Waals surface area contributed by atoms with Gasteiger partial charge in [-0.1, -0.05) is 0 Å². The molecule has 2 aliphatic rings. The van der Waals surface area contributed by atoms with Gasteiger partial charge in [0.1, 0.15) is 0 Å². The summed E-state index contributed by atoms with van der Waals surface area (Å²) in [6, 6.07) is 8.14. The molecule has 0 N–H and O–H groups in total. The quantitative estimate of drug-likeness (QED) is 0.490. The van der Waals surface area contributed by atoms with Crippen LogP contribution in [0.1, 0.15) is 45.7 Å². The highest BCUT2D eigenvalue weighted by Gasteiger charge is 2.25. The fraction of sp³-hybridized carbons (Fsp3) is 0.429. The normalized spacial score (nSPS) is 16.2. The number of fused-ring (bicyclic) bond motifs is 1. The first-order chi connectivity index (χ1) is 14.8. The highest BCUT2D eigenvalue weighted by molar-refractivity contribution is 7.92. The Morgan fingerprint density at radius 2 is 1.81 bits per heavy atom. The molecule has 0 spiro atoms. The first-order valence-corrected chi connectivity index (χ1v) is 12.1. The molecule has 0 atom stereocenters. The van der Waals surface area contributed by atoms with Crippen LogP contribution < -0.4 is 9.21 Å². The van der Waals surface area contributed by atoms with E-state index in [9.17, 15) is 18.0 Å². The van der Waals surface area contributed by atoms with Crippen LogP contribution in [-0.2, 0) is 21.2 Å². The maximum atomic E-state index is 12.5. The third kappa shape index (κ3) is 4.68. The van der Waals surface area contributed by atoms with Crippen molar-refractivity contribution >= 4 is 33.3 Å². The van der Waals surface area contributed by atoms with E-state index in [-0.39, 0.29) is 11.5 Å². The number of carbonyl (C=O) groups excluding carboxylic acids is 2. The lowest BCUT2D eigenvalue weighted by Crippen LogP contribution is -2.34. The molecule has 4 rings (SSSR count). The number of ether oxygens (including phenoxy) is 1. The molecule has 0 unspecified atom stereocenters. The highest BCUT2D eigenvalue weighted by Crippen LogP contribution is 2.30. The van der Waals surface area contributed by atoms with E-state index in [0.29, 0.717) is 30.6 Å². The van der Waals surface area contributed by atoms with E-state index >= 15 is 0 Å². The molecule has 10 heteroatoms. The third-order valence-electron chi connectivity index (χ3n) is 5.50. The molecule has 1 saturated heterocycles. The number of ketones is 1. The number of aryl methyl sites for hydroxylation is 1. The molecule has 0 amide bonds. The number of hydrogen-bond acceptors (Lipinski definition) is 8. The van der Waals surface area contributed by atoms with Gasteiger partial charge in [-0.05, 0) is 61.6 Å². The molecule has 0 radical (unpaired) electrons. The van der Waals surface area contributed by atoms with E-state index in [4.69, 9.17) is 4.74 Å². The van der Waals surface area contributed by atoms with Gasteiger partial charge in [0.25, 0.3) is 0 Å². The lowest BCUT2D eigenvalue weighted by Gasteiger charge is -2.29. The summed E-state index contributed by atoms with van der Waals surface area (Å²) in [5.74, 6) is -0.355. The van der Waals surface area contributed by atoms with Crippen molar-refractivity contribution in [3.8, 4) is 0 Å². The van der Waals surface area contributed by atoms with Gasteiger partial charge in [-0.2, -0.15) is 0 Å². The van der Waals surface area contributed by atoms with Crippen LogP contribution in [0, 0.1) is 0 Å². The first-order valence-electron chi connectivity index (χ1n) is 10.2. The third-order valence-corrected chi connectivity index (χ3v) is 6.68. The Bertz CT molecular complexity index is 1100. The molecule has 2 aromatic rings. The second kappa shape index (κ2) is 8.62. The van der Waals surface area contributed by atoms with Crippen LogP contribution in [0.5, 0.6) is 0 Å². The average molecular weight is 445 g/mol. The van der Waals surface area contributed by atoms with Crippen molar-refractivity contribution in [3.63, 3.8) is 0 Å². The van der Waals surface area contributed by atoms with Gasteiger partial charge in [0.05, 0.1) is 11.9 Å². The molecule has 2 aliphatic heterocycles. The van der Waals surface area contributed by atoms with E-state index < -0.39 is 22.6 Å². The summed E-state index contributed by atoms with van der Waals surface area (Å²) in [7, 11) is -3.37. The van der Waals surface area contributed by atoms with Gasteiger partial charge in [0, 0.05) is 25.2 Å². The van der Waals surface area contributed by atoms with Crippen molar-refractivity contribution in [1.29, 1.82) is 0 Å². The largest absolute Gasteiger partial charge is 0.453 e. The van der Waals surface area contributed by atoms with Gasteiger partial charge in [-0.15, -0.1) is 10.2 Å². The maximum absolute atomic E-state index is 12.5. The number of rotatable bonds is 6. The van der Waals surface area contributed by atoms with E-state index in [1.807, 2.05) is 0 Å². The second-order valence-electron chi connectivity index (χ2n) is 7.75. The van der Waals surface area contributed by atoms with E-state index in [0.717, 1.165) is 37.3 Å². The lowest BCUT2D eigenvalue weighted by atomic mass is 9.99. The molecule has 3 heterocycles. The summed E-state index contributed by atoms with van der Waals surface area (Å²) in [5.41, 5.74) is 1.80. The Morgan fingerprint density at radius 1 is 1.03 bits per heavy atom. The predicted octanol–water partition coefficient (Wildman–Crippen LogP) is 1.83. The van der Waals surface area contributed by atoms with Crippen LogP contribution in [0.2, 0.25) is 0 Å². The van der Waals surface area contributed by atoms with Gasteiger partial charge >= 0.3 is 5.97 Å². The molecule has 0 aliphatic carbocycles. The minimum absolute atomic E-state index is 0.0463. The number of sulfonamides is 1. The number of aromatic nitrogens is 2. The van der Waals surface area contributed by atoms with Crippen molar-refractivity contribution < 1.29 is 22.7 Å². The molecule has 1 aromatic heterocycles. The number of anilines is 2. The van der Waals surface area contributed by atoms with Crippen LogP contribution in [0.3, 0.4) is 0 Å². The molecule has 0 saturated carbocycles. The molecular formula is C21H24N4O5S. The Labute approximate surface area is 181 Å². The summed E-state index contributed by atoms with van der Waals surface area (Å²) in [6.45, 7) is 1.85. The predicted molar refractivity (Wildman–Crippen MR) is 115 cm³/mol. The van der Waals surface area contributed by atoms with Crippen molar-refractivity contribution in [1.82, 2.24) is 10.2 Å². The summed E-state index contributed by atoms with van der Waals surface area (Å²) in [4.78, 5) is 26.9. The van der Waals surface area contributed by atoms with Crippen molar-refractivity contribution in [3.05, 3.63) is 47.2 Å². The summed E-state index contributed by atoms with van der Waals surface area (Å²) in [5, 5.41) is 8.00. The van der Waals surface area contributed by atoms with E-state index in [2.05, 4.69) is 15.1 Å². The number of hydrogen-bond donors (Lipinski definition) is 0. The Hall–Kier alpha value is -3.01. The Kier molecular flexibility index (Phi) is 5.90. The summed E-state index contributed by atoms with van der Waals surface area (Å²) in [6.07, 6.45) is 4.76. The van der Waals surface area contributed by atoms with Gasteiger partial charge in [0.15, 0.2) is 23.9 Å². The van der Waals surface area contributed by atoms with Gasteiger partial charge in [-0.3, -0.25) is 9.10 Å². The Morgan fingerprint density at radius 3 is 2.48 bits per heavy atom. The van der Waals surface area contributed by atoms with Crippen LogP contribution in [0.15, 0.2) is 30.3 Å². The number of benzene rings is 1. The molecule has 1 fully saturated rings. The molecule has 164 valence electrons. The Balaban J connectivity index is 1.39. The van der Waals surface area contributed by atoms with E-state index in [1.165, 1.54) is 10.6 Å². The number of carbonyl (C=O) groups is 2. The van der Waals surface area contributed by atoms with Crippen LogP contribution in [0.25, 0.3) is 0 Å². The zero-order valence-corrected chi connectivity index (χ0v) is 18.1. The van der Waals surface area contributed by atoms with Crippen LogP contribution in [-0.4, -0.2) is 62.9 Å². The zero-order chi connectivity index (χ0) is 22.0. The van der Waals surface area contributed by atoms with E-state index in [1.54, 1.807) is 30.3 Å². The van der Waals surface area contributed by atoms with Crippen LogP contribution >= 0.6 is 0 Å². The first kappa shape index (κ1) is 21.2. The SMILES string of the molecule is CS(=O)(=O)N1CCCc2cc(C(=O)COC(=O)c3ccc(N4CCCC4)nn3)ccc21. The van der Waals surface area contributed by atoms with Crippen molar-refractivity contribution in [2.45, 2.75) is 25.7 Å². The number of nitrogens with zero attached hydrogens (tertiary/aromatic N) is 4. The fourth-order valence-corrected chi connectivity index (χ4v) is 4.91. The maximum Gasteiger partial charge on any atom is 0.359 e. The van der Waals surface area contributed by atoms with Crippen LogP contribution in [0.4, 0.5) is 11.5 Å². The summed E-state index contributed by atoms with van der Waals surface area (Å²) < 4.78 is 30.4. The molecule has 31 heavy (non-hydrogen) atoms. The molecule has 1 aromatic carbocycles. The smallest absolute Gasteiger partial charge is 0.359 e. The fourth-order valence-electron chi connectivity index (χ4n) is 3.92. The standard InChI is InChI=1S/C21H24N4O5S/c1-31(28,29)25-12-4-5-15-13-16(6-8-18(15)25)19(26)14-30-21(27)17-7-9-20(23-22-17)24-10-2-3-11-24/h6-9,13H,2-5,10-12,14H2,1H3. The zero-order valence-electron chi connectivity index (χ0n) is 17.3. The van der Waals surface area contributed by atoms with Gasteiger partial charge in [0.2, 0.25) is 10.0 Å². The monoisotopic (exact) mass is 444 g/mol. The average Bonchev–Trinajstić information content (AvgIpc) is 3.31. The molecule has 9 nitrogen and oxygen atoms in total. The topological polar surface area (TPSA) is 110 Å². The number of esters is 1. The summed E-state index contributed by atoms with van der Waals surface area (Å²) >= 11 is 0. The molecule has 0 bridgehead atoms. The minimum Gasteiger partial charge on any atom is -0.453 e. The second-order valence-corrected chi connectivity index (χ2v) is 9.66.